The van der Waals surface area contributed by atoms with Crippen LogP contribution in [-0.4, -0.2) is 17.6 Å². The van der Waals surface area contributed by atoms with E-state index in [1.54, 1.807) is 0 Å². The van der Waals surface area contributed by atoms with Gasteiger partial charge in [0.15, 0.2) is 0 Å². The van der Waals surface area contributed by atoms with Gasteiger partial charge in [0.1, 0.15) is 0 Å². The quantitative estimate of drug-likeness (QED) is 0.849. The van der Waals surface area contributed by atoms with Crippen molar-refractivity contribution < 1.29 is 9.90 Å². The standard InChI is InChI=1S/C19H18ClNO2/c20-14-8-7-13-10-12-4-1-2-5-15(12)18-16(19(22)23)6-3-9-21(18)17(13)11-14/h1-2,4-5,7-8,11,16,18H,3,6,9-10H2,(H,22,23)/t16-,18+/m1/s1. The summed E-state index contributed by atoms with van der Waals surface area (Å²) in [4.78, 5) is 14.1. The van der Waals surface area contributed by atoms with Crippen molar-refractivity contribution in [3.63, 3.8) is 0 Å². The molecule has 4 heteroatoms. The molecule has 2 aromatic carbocycles. The molecule has 2 aliphatic heterocycles. The van der Waals surface area contributed by atoms with Gasteiger partial charge in [-0.05, 0) is 48.1 Å². The van der Waals surface area contributed by atoms with Crippen molar-refractivity contribution in [1.29, 1.82) is 0 Å². The van der Waals surface area contributed by atoms with Crippen molar-refractivity contribution in [3.05, 3.63) is 64.2 Å². The number of anilines is 1. The van der Waals surface area contributed by atoms with E-state index in [-0.39, 0.29) is 12.0 Å². The predicted molar refractivity (Wildman–Crippen MR) is 91.1 cm³/mol. The average molecular weight is 328 g/mol. The second kappa shape index (κ2) is 5.57. The number of aliphatic carboxylic acids is 1. The molecule has 0 unspecified atom stereocenters. The molecule has 2 aliphatic rings. The highest BCUT2D eigenvalue weighted by Crippen LogP contribution is 2.45. The molecule has 0 radical (unpaired) electrons. The molecule has 1 N–H and O–H groups in total. The van der Waals surface area contributed by atoms with E-state index in [1.165, 1.54) is 11.1 Å². The molecule has 0 spiro atoms. The Labute approximate surface area is 140 Å². The first-order valence-corrected chi connectivity index (χ1v) is 8.38. The maximum atomic E-state index is 11.9. The summed E-state index contributed by atoms with van der Waals surface area (Å²) < 4.78 is 0. The highest BCUT2D eigenvalue weighted by atomic mass is 35.5. The van der Waals surface area contributed by atoms with Crippen molar-refractivity contribution in [1.82, 2.24) is 0 Å². The van der Waals surface area contributed by atoms with Crippen LogP contribution in [0, 0.1) is 5.92 Å². The largest absolute Gasteiger partial charge is 0.481 e. The fourth-order valence-corrected chi connectivity index (χ4v) is 4.22. The molecular weight excluding hydrogens is 310 g/mol. The molecule has 0 aliphatic carbocycles. The lowest BCUT2D eigenvalue weighted by Gasteiger charge is -2.41. The van der Waals surface area contributed by atoms with E-state index in [1.807, 2.05) is 24.3 Å². The van der Waals surface area contributed by atoms with Crippen molar-refractivity contribution in [3.8, 4) is 0 Å². The highest BCUT2D eigenvalue weighted by Gasteiger charge is 2.40. The summed E-state index contributed by atoms with van der Waals surface area (Å²) >= 11 is 6.23. The number of carboxylic acids is 1. The molecule has 2 atom stereocenters. The Hall–Kier alpha value is -2.00. The molecular formula is C19H18ClNO2. The number of rotatable bonds is 1. The van der Waals surface area contributed by atoms with Crippen LogP contribution < -0.4 is 4.90 Å². The maximum absolute atomic E-state index is 11.9. The molecule has 23 heavy (non-hydrogen) atoms. The van der Waals surface area contributed by atoms with E-state index >= 15 is 0 Å². The minimum atomic E-state index is -0.708. The monoisotopic (exact) mass is 327 g/mol. The van der Waals surface area contributed by atoms with Gasteiger partial charge in [-0.2, -0.15) is 0 Å². The van der Waals surface area contributed by atoms with Gasteiger partial charge >= 0.3 is 5.97 Å². The van der Waals surface area contributed by atoms with E-state index in [2.05, 4.69) is 23.1 Å². The number of hydrogen-bond acceptors (Lipinski definition) is 2. The van der Waals surface area contributed by atoms with Crippen LogP contribution in [0.2, 0.25) is 5.02 Å². The normalized spacial score (nSPS) is 22.6. The number of fused-ring (bicyclic) bond motifs is 5. The van der Waals surface area contributed by atoms with E-state index in [4.69, 9.17) is 11.6 Å². The number of carbonyl (C=O) groups is 1. The molecule has 0 bridgehead atoms. The summed E-state index contributed by atoms with van der Waals surface area (Å²) in [5.41, 5.74) is 4.67. The summed E-state index contributed by atoms with van der Waals surface area (Å²) in [5.74, 6) is -1.09. The van der Waals surface area contributed by atoms with Crippen molar-refractivity contribution in [2.45, 2.75) is 25.3 Å². The van der Waals surface area contributed by atoms with Crippen LogP contribution in [0.3, 0.4) is 0 Å². The van der Waals surface area contributed by atoms with Crippen molar-refractivity contribution in [2.75, 3.05) is 11.4 Å². The smallest absolute Gasteiger partial charge is 0.308 e. The van der Waals surface area contributed by atoms with Crippen LogP contribution in [-0.2, 0) is 11.2 Å². The first-order chi connectivity index (χ1) is 11.1. The molecule has 0 aromatic heterocycles. The molecule has 3 nitrogen and oxygen atoms in total. The van der Waals surface area contributed by atoms with E-state index in [9.17, 15) is 9.90 Å². The van der Waals surface area contributed by atoms with Crippen molar-refractivity contribution in [2.24, 2.45) is 5.92 Å². The Morgan fingerprint density at radius 3 is 2.83 bits per heavy atom. The summed E-state index contributed by atoms with van der Waals surface area (Å²) in [6, 6.07) is 14.1. The zero-order chi connectivity index (χ0) is 16.0. The third-order valence-electron chi connectivity index (χ3n) is 5.06. The Morgan fingerprint density at radius 2 is 2.00 bits per heavy atom. The molecule has 118 valence electrons. The topological polar surface area (TPSA) is 40.5 Å². The van der Waals surface area contributed by atoms with Gasteiger partial charge in [0.05, 0.1) is 12.0 Å². The molecule has 2 aromatic rings. The minimum Gasteiger partial charge on any atom is -0.481 e. The van der Waals surface area contributed by atoms with Crippen LogP contribution in [0.4, 0.5) is 5.69 Å². The van der Waals surface area contributed by atoms with Gasteiger partial charge in [-0.3, -0.25) is 4.79 Å². The fraction of sp³-hybridized carbons (Fsp3) is 0.316. The minimum absolute atomic E-state index is 0.114. The van der Waals surface area contributed by atoms with E-state index in [0.717, 1.165) is 37.1 Å². The fourth-order valence-electron chi connectivity index (χ4n) is 4.05. The van der Waals surface area contributed by atoms with Gasteiger partial charge in [0.25, 0.3) is 0 Å². The predicted octanol–water partition coefficient (Wildman–Crippen LogP) is 4.29. The SMILES string of the molecule is O=C(O)[C@@H]1CCCN2c3cc(Cl)ccc3Cc3ccccc3[C@@H]12. The Kier molecular flexibility index (Phi) is 3.53. The zero-order valence-electron chi connectivity index (χ0n) is 12.7. The molecule has 1 saturated heterocycles. The van der Waals surface area contributed by atoms with Crippen LogP contribution in [0.1, 0.15) is 35.6 Å². The molecule has 1 fully saturated rings. The van der Waals surface area contributed by atoms with Crippen molar-refractivity contribution >= 4 is 23.3 Å². The Bertz CT molecular complexity index is 774. The second-order valence-electron chi connectivity index (χ2n) is 6.37. The second-order valence-corrected chi connectivity index (χ2v) is 6.81. The lowest BCUT2D eigenvalue weighted by Crippen LogP contribution is -2.42. The number of carboxylic acid groups (broad SMARTS) is 1. The van der Waals surface area contributed by atoms with Gasteiger partial charge < -0.3 is 10.0 Å². The summed E-state index contributed by atoms with van der Waals surface area (Å²) in [7, 11) is 0. The first-order valence-electron chi connectivity index (χ1n) is 8.01. The van der Waals surface area contributed by atoms with Gasteiger partial charge in [0.2, 0.25) is 0 Å². The number of piperidine rings is 1. The number of benzene rings is 2. The Balaban J connectivity index is 1.95. The van der Waals surface area contributed by atoms with Crippen LogP contribution in [0.5, 0.6) is 0 Å². The van der Waals surface area contributed by atoms with Gasteiger partial charge in [0, 0.05) is 17.3 Å². The van der Waals surface area contributed by atoms with E-state index < -0.39 is 5.97 Å². The summed E-state index contributed by atoms with van der Waals surface area (Å²) in [6.45, 7) is 0.871. The van der Waals surface area contributed by atoms with Gasteiger partial charge in [-0.1, -0.05) is 41.9 Å². The average Bonchev–Trinajstić information content (AvgIpc) is 2.69. The lowest BCUT2D eigenvalue weighted by molar-refractivity contribution is -0.143. The lowest BCUT2D eigenvalue weighted by atomic mass is 9.83. The third kappa shape index (κ3) is 2.40. The molecule has 0 saturated carbocycles. The van der Waals surface area contributed by atoms with Crippen LogP contribution >= 0.6 is 11.6 Å². The zero-order valence-corrected chi connectivity index (χ0v) is 13.5. The van der Waals surface area contributed by atoms with E-state index in [0.29, 0.717) is 5.02 Å². The summed E-state index contributed by atoms with van der Waals surface area (Å²) in [5, 5.41) is 10.4. The molecule has 0 amide bonds. The highest BCUT2D eigenvalue weighted by molar-refractivity contribution is 6.30. The molecule has 4 rings (SSSR count). The third-order valence-corrected chi connectivity index (χ3v) is 5.29. The Morgan fingerprint density at radius 1 is 1.17 bits per heavy atom. The maximum Gasteiger partial charge on any atom is 0.308 e. The van der Waals surface area contributed by atoms with Crippen LogP contribution in [0.25, 0.3) is 0 Å². The number of hydrogen-bond donors (Lipinski definition) is 1. The summed E-state index contributed by atoms with van der Waals surface area (Å²) in [6.07, 6.45) is 2.43. The number of nitrogens with zero attached hydrogens (tertiary/aromatic N) is 1. The number of halogens is 1. The van der Waals surface area contributed by atoms with Gasteiger partial charge in [-0.25, -0.2) is 0 Å². The van der Waals surface area contributed by atoms with Gasteiger partial charge in [-0.15, -0.1) is 0 Å². The first kappa shape index (κ1) is 14.6. The molecule has 2 heterocycles. The van der Waals surface area contributed by atoms with Crippen LogP contribution in [0.15, 0.2) is 42.5 Å².